The molecule has 0 N–H and O–H groups in total. The van der Waals surface area contributed by atoms with Gasteiger partial charge in [0, 0.05) is 0 Å². The molecule has 0 radical (unpaired) electrons. The minimum Gasteiger partial charge on any atom is -0.148 e. The van der Waals surface area contributed by atoms with Gasteiger partial charge in [-0.25, -0.2) is 0 Å². The van der Waals surface area contributed by atoms with E-state index in [1.165, 1.54) is 19.3 Å². The first-order chi connectivity index (χ1) is 5.35. The molecule has 0 bridgehead atoms. The summed E-state index contributed by atoms with van der Waals surface area (Å²) in [5, 5.41) is 0. The van der Waals surface area contributed by atoms with Gasteiger partial charge in [-0.2, -0.15) is 0 Å². The third-order valence-corrected chi connectivity index (χ3v) is 2.21. The molecule has 0 aliphatic heterocycles. The zero-order valence-electron chi connectivity index (χ0n) is 7.78. The number of unbranched alkanes of at least 4 members (excludes halogenated alkanes) is 1. The molecule has 12 heavy (non-hydrogen) atoms. The molecule has 0 rings (SSSR count). The van der Waals surface area contributed by atoms with Crippen LogP contribution in [-0.4, -0.2) is 6.61 Å². The van der Waals surface area contributed by atoms with Crippen LogP contribution in [0, 0.1) is 5.92 Å². The fraction of sp³-hybridized carbons (Fsp3) is 1.00. The standard InChI is InChI=1S/C8H18O2P.Fe/c1-3-5-6-8(4-2)7-10-11-9;/h8,11H,3-7H2,1-2H3;/q+1;+2. The molecule has 0 saturated carbocycles. The Morgan fingerprint density at radius 1 is 1.42 bits per heavy atom. The smallest absolute Gasteiger partial charge is 0.148 e. The average Bonchev–Trinajstić information content (AvgIpc) is 2.05. The second-order valence-electron chi connectivity index (χ2n) is 2.81. The molecule has 0 saturated heterocycles. The van der Waals surface area contributed by atoms with Crippen LogP contribution in [0.15, 0.2) is 0 Å². The van der Waals surface area contributed by atoms with Crippen molar-refractivity contribution in [2.75, 3.05) is 6.61 Å². The van der Waals surface area contributed by atoms with Gasteiger partial charge in [-0.15, -0.1) is 4.52 Å². The number of hydrogen-bond donors (Lipinski definition) is 0. The summed E-state index contributed by atoms with van der Waals surface area (Å²) in [6, 6.07) is 0. The van der Waals surface area contributed by atoms with Crippen LogP contribution in [0.5, 0.6) is 0 Å². The van der Waals surface area contributed by atoms with E-state index in [-0.39, 0.29) is 17.1 Å². The maximum absolute atomic E-state index is 10.0. The van der Waals surface area contributed by atoms with Crippen LogP contribution < -0.4 is 0 Å². The summed E-state index contributed by atoms with van der Waals surface area (Å²) < 4.78 is 14.9. The van der Waals surface area contributed by atoms with Crippen LogP contribution in [0.1, 0.15) is 39.5 Å². The minimum absolute atomic E-state index is 0. The topological polar surface area (TPSA) is 26.3 Å². The quantitative estimate of drug-likeness (QED) is 0.498. The van der Waals surface area contributed by atoms with Gasteiger partial charge in [0.15, 0.2) is 0 Å². The Labute approximate surface area is 87.2 Å². The van der Waals surface area contributed by atoms with Gasteiger partial charge in [0.05, 0.1) is 0 Å². The minimum atomic E-state index is -0.591. The van der Waals surface area contributed by atoms with Crippen LogP contribution in [0.25, 0.3) is 0 Å². The van der Waals surface area contributed by atoms with E-state index in [2.05, 4.69) is 13.8 Å². The molecule has 0 heterocycles. The molecule has 4 heteroatoms. The molecule has 72 valence electrons. The van der Waals surface area contributed by atoms with Crippen molar-refractivity contribution in [3.05, 3.63) is 0 Å². The molecule has 0 aliphatic rings. The molecule has 0 aliphatic carbocycles. The third-order valence-electron chi connectivity index (χ3n) is 1.92. The summed E-state index contributed by atoms with van der Waals surface area (Å²) in [5.74, 6) is 0.608. The molecule has 0 aromatic rings. The van der Waals surface area contributed by atoms with Crippen molar-refractivity contribution >= 4 is 8.69 Å². The zero-order chi connectivity index (χ0) is 8.53. The Balaban J connectivity index is 0. The van der Waals surface area contributed by atoms with E-state index < -0.39 is 8.69 Å². The summed E-state index contributed by atoms with van der Waals surface area (Å²) in [6.45, 7) is 5.00. The van der Waals surface area contributed by atoms with Gasteiger partial charge in [-0.05, 0) is 16.9 Å². The molecule has 0 spiro atoms. The Bertz CT molecular complexity index is 101. The van der Waals surface area contributed by atoms with Gasteiger partial charge in [0.25, 0.3) is 0 Å². The summed E-state index contributed by atoms with van der Waals surface area (Å²) in [7, 11) is -0.591. The van der Waals surface area contributed by atoms with Gasteiger partial charge >= 0.3 is 25.8 Å². The fourth-order valence-corrected chi connectivity index (χ4v) is 1.35. The third kappa shape index (κ3) is 8.67. The zero-order valence-corrected chi connectivity index (χ0v) is 9.89. The molecular weight excluding hydrogens is 215 g/mol. The molecule has 2 nitrogen and oxygen atoms in total. The second kappa shape index (κ2) is 11.6. The van der Waals surface area contributed by atoms with Gasteiger partial charge in [-0.3, -0.25) is 0 Å². The first kappa shape index (κ1) is 15.1. The predicted octanol–water partition coefficient (Wildman–Crippen LogP) is 3.16. The van der Waals surface area contributed by atoms with Crippen LogP contribution >= 0.6 is 8.69 Å². The molecule has 0 aromatic carbocycles. The van der Waals surface area contributed by atoms with Crippen molar-refractivity contribution in [2.24, 2.45) is 5.92 Å². The summed E-state index contributed by atoms with van der Waals surface area (Å²) in [5.41, 5.74) is 0. The van der Waals surface area contributed by atoms with Crippen molar-refractivity contribution in [2.45, 2.75) is 39.5 Å². The van der Waals surface area contributed by atoms with Gasteiger partial charge in [0.1, 0.15) is 6.61 Å². The van der Waals surface area contributed by atoms with Gasteiger partial charge in [-0.1, -0.05) is 33.1 Å². The van der Waals surface area contributed by atoms with Crippen molar-refractivity contribution in [3.63, 3.8) is 0 Å². The first-order valence-electron chi connectivity index (χ1n) is 4.34. The van der Waals surface area contributed by atoms with Crippen LogP contribution in [0.3, 0.4) is 0 Å². The van der Waals surface area contributed by atoms with Crippen LogP contribution in [0.4, 0.5) is 0 Å². The average molecular weight is 233 g/mol. The normalized spacial score (nSPS) is 12.5. The van der Waals surface area contributed by atoms with Crippen molar-refractivity contribution < 1.29 is 26.2 Å². The largest absolute Gasteiger partial charge is 2.00 e. The van der Waals surface area contributed by atoms with Crippen molar-refractivity contribution in [1.29, 1.82) is 0 Å². The summed E-state index contributed by atoms with van der Waals surface area (Å²) >= 11 is 0. The van der Waals surface area contributed by atoms with Gasteiger partial charge in [0.2, 0.25) is 0 Å². The molecule has 0 aromatic heterocycles. The molecular formula is C8H18FeO2P+3. The first-order valence-corrected chi connectivity index (χ1v) is 5.15. The van der Waals surface area contributed by atoms with E-state index in [1.54, 1.807) is 0 Å². The molecule has 0 amide bonds. The van der Waals surface area contributed by atoms with Crippen molar-refractivity contribution in [3.8, 4) is 0 Å². The molecule has 2 atom stereocenters. The maximum atomic E-state index is 10.0. The Hall–Kier alpha value is 0.579. The van der Waals surface area contributed by atoms with E-state index in [9.17, 15) is 4.57 Å². The monoisotopic (exact) mass is 233 g/mol. The molecule has 0 fully saturated rings. The SMILES string of the molecule is CCCCC(CC)CO[PH+]=O.[Fe+2]. The fourth-order valence-electron chi connectivity index (χ4n) is 1.05. The van der Waals surface area contributed by atoms with E-state index in [0.29, 0.717) is 12.5 Å². The maximum Gasteiger partial charge on any atom is 2.00 e. The number of rotatable bonds is 7. The van der Waals surface area contributed by atoms with E-state index in [0.717, 1.165) is 6.42 Å². The number of hydrogen-bond acceptors (Lipinski definition) is 2. The predicted molar refractivity (Wildman–Crippen MR) is 48.3 cm³/mol. The summed E-state index contributed by atoms with van der Waals surface area (Å²) in [4.78, 5) is 0. The van der Waals surface area contributed by atoms with Gasteiger partial charge < -0.3 is 0 Å². The van der Waals surface area contributed by atoms with Crippen LogP contribution in [-0.2, 0) is 26.2 Å². The summed E-state index contributed by atoms with van der Waals surface area (Å²) in [6.07, 6.45) is 4.82. The van der Waals surface area contributed by atoms with Crippen LogP contribution in [0.2, 0.25) is 0 Å². The van der Waals surface area contributed by atoms with E-state index in [4.69, 9.17) is 4.52 Å². The Morgan fingerprint density at radius 2 is 2.08 bits per heavy atom. The van der Waals surface area contributed by atoms with Crippen molar-refractivity contribution in [1.82, 2.24) is 0 Å². The Kier molecular flexibility index (Phi) is 14.5. The van der Waals surface area contributed by atoms with E-state index >= 15 is 0 Å². The van der Waals surface area contributed by atoms with E-state index in [1.807, 2.05) is 0 Å². The second-order valence-corrected chi connectivity index (χ2v) is 3.27. The molecule has 2 unspecified atom stereocenters. The Morgan fingerprint density at radius 3 is 2.50 bits per heavy atom.